The van der Waals surface area contributed by atoms with Gasteiger partial charge in [0.2, 0.25) is 5.88 Å². The Morgan fingerprint density at radius 2 is 1.92 bits per heavy atom. The van der Waals surface area contributed by atoms with Gasteiger partial charge in [-0.1, -0.05) is 45.9 Å². The van der Waals surface area contributed by atoms with E-state index in [9.17, 15) is 4.79 Å². The van der Waals surface area contributed by atoms with Crippen LogP contribution < -0.4 is 14.5 Å². The number of carbonyl (C=O) groups excluding carboxylic acids is 1. The van der Waals surface area contributed by atoms with Crippen LogP contribution in [-0.2, 0) is 10.2 Å². The Kier molecular flexibility index (Phi) is 3.75. The zero-order valence-electron chi connectivity index (χ0n) is 15.6. The van der Waals surface area contributed by atoms with Crippen LogP contribution in [0.25, 0.3) is 0 Å². The third-order valence-electron chi connectivity index (χ3n) is 5.53. The highest BCUT2D eigenvalue weighted by Crippen LogP contribution is 2.57. The Bertz CT molecular complexity index is 893. The van der Waals surface area contributed by atoms with Gasteiger partial charge in [-0.15, -0.1) is 0 Å². The van der Waals surface area contributed by atoms with E-state index in [2.05, 4.69) is 46.8 Å². The van der Waals surface area contributed by atoms with E-state index in [1.807, 2.05) is 38.2 Å². The summed E-state index contributed by atoms with van der Waals surface area (Å²) in [7, 11) is 0. The van der Waals surface area contributed by atoms with Gasteiger partial charge in [0.15, 0.2) is 0 Å². The van der Waals surface area contributed by atoms with Gasteiger partial charge in [0.1, 0.15) is 17.6 Å². The van der Waals surface area contributed by atoms with E-state index in [0.717, 1.165) is 17.8 Å². The molecule has 0 amide bonds. The van der Waals surface area contributed by atoms with E-state index in [1.165, 1.54) is 5.56 Å². The monoisotopic (exact) mass is 349 g/mol. The second-order valence-corrected chi connectivity index (χ2v) is 6.67. The number of hydrogen-bond donors (Lipinski definition) is 0. The van der Waals surface area contributed by atoms with Crippen molar-refractivity contribution >= 4 is 17.3 Å². The molecule has 2 unspecified atom stereocenters. The first-order valence-corrected chi connectivity index (χ1v) is 9.21. The van der Waals surface area contributed by atoms with E-state index < -0.39 is 0 Å². The molecule has 0 aliphatic carbocycles. The van der Waals surface area contributed by atoms with E-state index >= 15 is 0 Å². The van der Waals surface area contributed by atoms with Gasteiger partial charge < -0.3 is 14.5 Å². The molecule has 0 bridgehead atoms. The summed E-state index contributed by atoms with van der Waals surface area (Å²) in [5, 5.41) is 0. The highest BCUT2D eigenvalue weighted by atomic mass is 16.5. The van der Waals surface area contributed by atoms with E-state index in [-0.39, 0.29) is 17.6 Å². The number of rotatable bonds is 2. The number of carbonyl (C=O) groups is 1. The highest BCUT2D eigenvalue weighted by molar-refractivity contribution is 6.02. The van der Waals surface area contributed by atoms with Crippen molar-refractivity contribution in [3.05, 3.63) is 60.1 Å². The minimum atomic E-state index is -0.337. The number of pyridine rings is 1. The summed E-state index contributed by atoms with van der Waals surface area (Å²) >= 11 is 0. The average Bonchev–Trinajstić information content (AvgIpc) is 3.21. The summed E-state index contributed by atoms with van der Waals surface area (Å²) in [5.74, 6) is 0.0858. The molecule has 2 aromatic rings. The van der Waals surface area contributed by atoms with Crippen molar-refractivity contribution in [3.63, 3.8) is 0 Å². The van der Waals surface area contributed by atoms with Crippen molar-refractivity contribution in [2.75, 3.05) is 9.80 Å². The number of benzene rings is 1. The minimum Gasteiger partial charge on any atom is -0.400 e. The normalized spacial score (nSPS) is 24.5. The Morgan fingerprint density at radius 1 is 1.19 bits per heavy atom. The molecule has 0 spiro atoms. The maximum Gasteiger partial charge on any atom is 0.363 e. The third kappa shape index (κ3) is 1.97. The summed E-state index contributed by atoms with van der Waals surface area (Å²) in [6, 6.07) is 12.2. The van der Waals surface area contributed by atoms with E-state index in [4.69, 9.17) is 4.74 Å². The molecule has 2 atom stereocenters. The SMILES string of the molecule is CC.CCC1(C)c2ccnc3c2N2C(=CN(c4ccccc4)C21)C(=O)O3. The summed E-state index contributed by atoms with van der Waals surface area (Å²) in [6.45, 7) is 8.44. The third-order valence-corrected chi connectivity index (χ3v) is 5.53. The van der Waals surface area contributed by atoms with Crippen molar-refractivity contribution in [3.8, 4) is 5.88 Å². The smallest absolute Gasteiger partial charge is 0.363 e. The fourth-order valence-corrected chi connectivity index (χ4v) is 4.18. The number of para-hydroxylation sites is 1. The zero-order chi connectivity index (χ0) is 18.5. The van der Waals surface area contributed by atoms with Crippen LogP contribution in [0.15, 0.2) is 54.5 Å². The standard InChI is InChI=1S/C19H17N3O2.C2H6/c1-3-19(2)13-9-10-20-16-15(13)22-14(17(23)24-16)11-21(18(19)22)12-7-5-4-6-8-12;1-2/h4-11,18H,3H2,1-2H3;1-2H3. The second-order valence-electron chi connectivity index (χ2n) is 6.67. The lowest BCUT2D eigenvalue weighted by molar-refractivity contribution is -0.130. The van der Waals surface area contributed by atoms with Gasteiger partial charge in [-0.3, -0.25) is 0 Å². The van der Waals surface area contributed by atoms with Crippen LogP contribution in [0.1, 0.15) is 39.7 Å². The Balaban J connectivity index is 0.000000814. The van der Waals surface area contributed by atoms with Crippen LogP contribution >= 0.6 is 0 Å². The topological polar surface area (TPSA) is 45.7 Å². The Hall–Kier alpha value is -2.82. The van der Waals surface area contributed by atoms with Gasteiger partial charge in [-0.2, -0.15) is 0 Å². The lowest BCUT2D eigenvalue weighted by Gasteiger charge is -2.38. The Labute approximate surface area is 153 Å². The first kappa shape index (κ1) is 16.6. The molecule has 0 fully saturated rings. The van der Waals surface area contributed by atoms with Crippen LogP contribution in [0.4, 0.5) is 11.4 Å². The second kappa shape index (κ2) is 5.87. The number of anilines is 2. The Morgan fingerprint density at radius 3 is 2.62 bits per heavy atom. The van der Waals surface area contributed by atoms with Gasteiger partial charge in [0.05, 0.1) is 0 Å². The molecule has 5 nitrogen and oxygen atoms in total. The molecule has 3 aliphatic heterocycles. The lowest BCUT2D eigenvalue weighted by atomic mass is 9.79. The predicted octanol–water partition coefficient (Wildman–Crippen LogP) is 4.20. The first-order valence-electron chi connectivity index (χ1n) is 9.21. The molecule has 5 heteroatoms. The van der Waals surface area contributed by atoms with Gasteiger partial charge >= 0.3 is 5.97 Å². The number of nitrogens with zero attached hydrogens (tertiary/aromatic N) is 3. The molecule has 0 N–H and O–H groups in total. The number of aromatic nitrogens is 1. The first-order chi connectivity index (χ1) is 12.6. The summed E-state index contributed by atoms with van der Waals surface area (Å²) in [4.78, 5) is 21.1. The van der Waals surface area contributed by atoms with E-state index in [0.29, 0.717) is 11.6 Å². The molecule has 0 saturated carbocycles. The molecule has 134 valence electrons. The van der Waals surface area contributed by atoms with Crippen molar-refractivity contribution in [1.29, 1.82) is 0 Å². The lowest BCUT2D eigenvalue weighted by Crippen LogP contribution is -2.49. The van der Waals surface area contributed by atoms with Crippen LogP contribution in [0.2, 0.25) is 0 Å². The van der Waals surface area contributed by atoms with Crippen LogP contribution in [0.5, 0.6) is 5.88 Å². The van der Waals surface area contributed by atoms with Gasteiger partial charge in [-0.05, 0) is 30.2 Å². The van der Waals surface area contributed by atoms with Crippen molar-refractivity contribution in [2.45, 2.75) is 45.7 Å². The van der Waals surface area contributed by atoms with Crippen molar-refractivity contribution < 1.29 is 9.53 Å². The molecule has 26 heavy (non-hydrogen) atoms. The van der Waals surface area contributed by atoms with Crippen molar-refractivity contribution in [1.82, 2.24) is 4.98 Å². The quantitative estimate of drug-likeness (QED) is 0.760. The number of hydrogen-bond acceptors (Lipinski definition) is 5. The highest BCUT2D eigenvalue weighted by Gasteiger charge is 2.58. The molecule has 1 aromatic heterocycles. The van der Waals surface area contributed by atoms with Crippen molar-refractivity contribution in [2.24, 2.45) is 0 Å². The summed E-state index contributed by atoms with van der Waals surface area (Å²) in [6.07, 6.45) is 4.61. The largest absolute Gasteiger partial charge is 0.400 e. The summed E-state index contributed by atoms with van der Waals surface area (Å²) in [5.41, 5.74) is 3.66. The molecule has 3 aliphatic rings. The van der Waals surface area contributed by atoms with Crippen LogP contribution in [-0.4, -0.2) is 17.1 Å². The zero-order valence-corrected chi connectivity index (χ0v) is 15.6. The number of esters is 1. The predicted molar refractivity (Wildman–Crippen MR) is 102 cm³/mol. The molecular formula is C21H23N3O2. The maximum absolute atomic E-state index is 12.5. The fraction of sp³-hybridized carbons (Fsp3) is 0.333. The van der Waals surface area contributed by atoms with Gasteiger partial charge in [-0.25, -0.2) is 9.78 Å². The fourth-order valence-electron chi connectivity index (χ4n) is 4.18. The molecule has 5 rings (SSSR count). The summed E-state index contributed by atoms with van der Waals surface area (Å²) < 4.78 is 5.49. The molecule has 0 saturated heterocycles. The van der Waals surface area contributed by atoms with Crippen LogP contribution in [0, 0.1) is 0 Å². The molecular weight excluding hydrogens is 326 g/mol. The van der Waals surface area contributed by atoms with Gasteiger partial charge in [0, 0.05) is 23.5 Å². The maximum atomic E-state index is 12.5. The number of ether oxygens (including phenoxy) is 1. The molecule has 0 radical (unpaired) electrons. The molecule has 1 aromatic carbocycles. The molecule has 4 heterocycles. The van der Waals surface area contributed by atoms with Gasteiger partial charge in [0.25, 0.3) is 0 Å². The minimum absolute atomic E-state index is 0.0192. The average molecular weight is 349 g/mol. The van der Waals surface area contributed by atoms with E-state index in [1.54, 1.807) is 6.20 Å². The van der Waals surface area contributed by atoms with Crippen LogP contribution in [0.3, 0.4) is 0 Å².